The maximum Gasteiger partial charge on any atom is 0.231 e. The Kier molecular flexibility index (Phi) is 4.42. The monoisotopic (exact) mass is 353 g/mol. The summed E-state index contributed by atoms with van der Waals surface area (Å²) in [6.07, 6.45) is 7.90. The van der Waals surface area contributed by atoms with E-state index in [-0.39, 0.29) is 6.79 Å². The molecule has 0 unspecified atom stereocenters. The number of benzene rings is 1. The lowest BCUT2D eigenvalue weighted by molar-refractivity contribution is 0.174. The van der Waals surface area contributed by atoms with E-state index in [0.29, 0.717) is 23.1 Å². The summed E-state index contributed by atoms with van der Waals surface area (Å²) in [5.41, 5.74) is 7.48. The largest absolute Gasteiger partial charge is 0.454 e. The summed E-state index contributed by atoms with van der Waals surface area (Å²) < 4.78 is 12.7. The van der Waals surface area contributed by atoms with Gasteiger partial charge in [0.2, 0.25) is 6.79 Å². The van der Waals surface area contributed by atoms with E-state index in [1.54, 1.807) is 12.5 Å². The highest BCUT2D eigenvalue weighted by molar-refractivity contribution is 5.78. The fourth-order valence-corrected chi connectivity index (χ4v) is 2.63. The van der Waals surface area contributed by atoms with Gasteiger partial charge in [-0.25, -0.2) is 15.0 Å². The van der Waals surface area contributed by atoms with Crippen molar-refractivity contribution in [3.05, 3.63) is 43.2 Å². The van der Waals surface area contributed by atoms with Crippen LogP contribution in [0.5, 0.6) is 11.5 Å². The third-order valence-corrected chi connectivity index (χ3v) is 3.96. The molecule has 2 aromatic heterocycles. The van der Waals surface area contributed by atoms with Gasteiger partial charge in [-0.15, -0.1) is 0 Å². The van der Waals surface area contributed by atoms with E-state index >= 15 is 0 Å². The van der Waals surface area contributed by atoms with E-state index in [2.05, 4.69) is 25.6 Å². The van der Waals surface area contributed by atoms with Crippen LogP contribution >= 0.6 is 0 Å². The Bertz CT molecular complexity index is 883. The number of nitrogen functional groups attached to an aromatic ring is 1. The highest BCUT2D eigenvalue weighted by Gasteiger charge is 2.14. The number of aryl methyl sites for hydroxylation is 1. The lowest BCUT2D eigenvalue weighted by Gasteiger charge is -2.13. The first-order valence-corrected chi connectivity index (χ1v) is 8.26. The fraction of sp³-hybridized carbons (Fsp3) is 0.235. The van der Waals surface area contributed by atoms with Crippen molar-refractivity contribution in [2.45, 2.75) is 13.0 Å². The summed E-state index contributed by atoms with van der Waals surface area (Å²) >= 11 is 0. The normalized spacial score (nSPS) is 12.2. The molecule has 26 heavy (non-hydrogen) atoms. The van der Waals surface area contributed by atoms with Gasteiger partial charge in [0, 0.05) is 37.2 Å². The van der Waals surface area contributed by atoms with Gasteiger partial charge in [-0.05, 0) is 18.6 Å². The molecule has 9 heteroatoms. The summed E-state index contributed by atoms with van der Waals surface area (Å²) in [6, 6.07) is 5.58. The molecule has 4 rings (SSSR count). The molecule has 0 saturated heterocycles. The summed E-state index contributed by atoms with van der Waals surface area (Å²) in [7, 11) is 0. The maximum atomic E-state index is 6.20. The average Bonchev–Trinajstić information content (AvgIpc) is 3.32. The topological polar surface area (TPSA) is 112 Å². The number of fused-ring (bicyclic) bond motifs is 1. The van der Waals surface area contributed by atoms with E-state index in [1.807, 2.05) is 29.0 Å². The Morgan fingerprint density at radius 1 is 1.15 bits per heavy atom. The van der Waals surface area contributed by atoms with E-state index in [1.165, 1.54) is 6.33 Å². The SMILES string of the molecule is Nc1c(NCCCn2ccnc2)ncnc1Nc1ccc2c(c1)OCO2. The quantitative estimate of drug-likeness (QED) is 0.554. The van der Waals surface area contributed by atoms with E-state index < -0.39 is 0 Å². The molecule has 0 fully saturated rings. The minimum Gasteiger partial charge on any atom is -0.454 e. The van der Waals surface area contributed by atoms with Crippen molar-refractivity contribution >= 4 is 23.0 Å². The summed E-state index contributed by atoms with van der Waals surface area (Å²) in [5, 5.41) is 6.44. The van der Waals surface area contributed by atoms with Crippen molar-refractivity contribution in [3.63, 3.8) is 0 Å². The van der Waals surface area contributed by atoms with Crippen LogP contribution in [-0.4, -0.2) is 32.9 Å². The van der Waals surface area contributed by atoms with Crippen molar-refractivity contribution in [1.82, 2.24) is 19.5 Å². The number of nitrogens with one attached hydrogen (secondary N) is 2. The lowest BCUT2D eigenvalue weighted by atomic mass is 10.2. The number of nitrogens with zero attached hydrogens (tertiary/aromatic N) is 4. The van der Waals surface area contributed by atoms with Gasteiger partial charge in [-0.1, -0.05) is 0 Å². The Morgan fingerprint density at radius 3 is 2.92 bits per heavy atom. The summed E-state index contributed by atoms with van der Waals surface area (Å²) in [5.74, 6) is 2.57. The molecule has 0 aliphatic carbocycles. The van der Waals surface area contributed by atoms with Crippen LogP contribution in [0.4, 0.5) is 23.0 Å². The number of ether oxygens (including phenoxy) is 2. The third kappa shape index (κ3) is 3.46. The molecule has 0 amide bonds. The molecule has 3 aromatic rings. The number of imidazole rings is 1. The first kappa shape index (κ1) is 16.0. The Balaban J connectivity index is 1.39. The van der Waals surface area contributed by atoms with Crippen LogP contribution in [-0.2, 0) is 6.54 Å². The number of rotatable bonds is 7. The Morgan fingerprint density at radius 2 is 2.04 bits per heavy atom. The van der Waals surface area contributed by atoms with Crippen LogP contribution in [0.1, 0.15) is 6.42 Å². The van der Waals surface area contributed by atoms with Crippen molar-refractivity contribution in [2.24, 2.45) is 0 Å². The molecule has 1 aromatic carbocycles. The number of hydrogen-bond donors (Lipinski definition) is 3. The van der Waals surface area contributed by atoms with Crippen molar-refractivity contribution < 1.29 is 9.47 Å². The molecule has 1 aliphatic rings. The first-order valence-electron chi connectivity index (χ1n) is 8.26. The molecule has 0 saturated carbocycles. The predicted molar refractivity (Wildman–Crippen MR) is 97.6 cm³/mol. The van der Waals surface area contributed by atoms with Gasteiger partial charge >= 0.3 is 0 Å². The highest BCUT2D eigenvalue weighted by Crippen LogP contribution is 2.35. The second kappa shape index (κ2) is 7.18. The van der Waals surface area contributed by atoms with Gasteiger partial charge in [-0.2, -0.15) is 0 Å². The van der Waals surface area contributed by atoms with Crippen LogP contribution < -0.4 is 25.8 Å². The molecular weight excluding hydrogens is 334 g/mol. The van der Waals surface area contributed by atoms with Crippen molar-refractivity contribution in [2.75, 3.05) is 29.7 Å². The zero-order valence-electron chi connectivity index (χ0n) is 14.1. The standard InChI is InChI=1S/C17H19N7O2/c18-15-16(20-4-1-6-24-7-5-19-10-24)21-9-22-17(15)23-12-2-3-13-14(8-12)26-11-25-13/h2-3,5,7-10H,1,4,6,11,18H2,(H2,20,21,22,23). The van der Waals surface area contributed by atoms with E-state index in [9.17, 15) is 0 Å². The van der Waals surface area contributed by atoms with Gasteiger partial charge in [-0.3, -0.25) is 0 Å². The van der Waals surface area contributed by atoms with Gasteiger partial charge < -0.3 is 30.4 Å². The fourth-order valence-electron chi connectivity index (χ4n) is 2.63. The molecule has 1 aliphatic heterocycles. The van der Waals surface area contributed by atoms with Gasteiger partial charge in [0.25, 0.3) is 0 Å². The maximum absolute atomic E-state index is 6.20. The average molecular weight is 353 g/mol. The van der Waals surface area contributed by atoms with Gasteiger partial charge in [0.15, 0.2) is 23.1 Å². The van der Waals surface area contributed by atoms with Crippen LogP contribution in [0.3, 0.4) is 0 Å². The second-order valence-electron chi connectivity index (χ2n) is 5.76. The van der Waals surface area contributed by atoms with Crippen LogP contribution in [0, 0.1) is 0 Å². The molecule has 9 nitrogen and oxygen atoms in total. The van der Waals surface area contributed by atoms with Crippen molar-refractivity contribution in [1.29, 1.82) is 0 Å². The number of nitrogens with two attached hydrogens (primary N) is 1. The molecule has 134 valence electrons. The molecular formula is C17H19N7O2. The summed E-state index contributed by atoms with van der Waals surface area (Å²) in [6.45, 7) is 1.85. The van der Waals surface area contributed by atoms with Crippen LogP contribution in [0.15, 0.2) is 43.2 Å². The van der Waals surface area contributed by atoms with Crippen LogP contribution in [0.25, 0.3) is 0 Å². The van der Waals surface area contributed by atoms with Gasteiger partial charge in [0.05, 0.1) is 6.33 Å². The Labute approximate surface area is 150 Å². The minimum atomic E-state index is 0.238. The van der Waals surface area contributed by atoms with Crippen molar-refractivity contribution in [3.8, 4) is 11.5 Å². The summed E-state index contributed by atoms with van der Waals surface area (Å²) in [4.78, 5) is 12.5. The molecule has 0 radical (unpaired) electrons. The molecule has 3 heterocycles. The zero-order chi connectivity index (χ0) is 17.8. The molecule has 0 atom stereocenters. The molecule has 0 spiro atoms. The molecule has 4 N–H and O–H groups in total. The van der Waals surface area contributed by atoms with E-state index in [4.69, 9.17) is 15.2 Å². The van der Waals surface area contributed by atoms with E-state index in [0.717, 1.165) is 30.9 Å². The van der Waals surface area contributed by atoms with Crippen LogP contribution in [0.2, 0.25) is 0 Å². The first-order chi connectivity index (χ1) is 12.8. The van der Waals surface area contributed by atoms with Gasteiger partial charge in [0.1, 0.15) is 12.0 Å². The predicted octanol–water partition coefficient (Wildman–Crippen LogP) is 2.23. The second-order valence-corrected chi connectivity index (χ2v) is 5.76. The molecule has 0 bridgehead atoms. The Hall–Kier alpha value is -3.49. The zero-order valence-corrected chi connectivity index (χ0v) is 14.1. The minimum absolute atomic E-state index is 0.238. The lowest BCUT2D eigenvalue weighted by Crippen LogP contribution is -2.10. The number of hydrogen-bond acceptors (Lipinski definition) is 8. The smallest absolute Gasteiger partial charge is 0.231 e. The highest BCUT2D eigenvalue weighted by atomic mass is 16.7. The number of anilines is 4. The third-order valence-electron chi connectivity index (χ3n) is 3.96. The number of aromatic nitrogens is 4.